The molecule has 0 radical (unpaired) electrons. The van der Waals surface area contributed by atoms with Gasteiger partial charge in [-0.15, -0.1) is 0 Å². The van der Waals surface area contributed by atoms with E-state index in [9.17, 15) is 9.59 Å². The van der Waals surface area contributed by atoms with E-state index >= 15 is 0 Å². The van der Waals surface area contributed by atoms with Crippen LogP contribution >= 0.6 is 23.2 Å². The summed E-state index contributed by atoms with van der Waals surface area (Å²) in [6.45, 7) is 2.35. The molecule has 2 amide bonds. The SMILES string of the molecule is Cc1ccc(Cl)cc1NC(=O)C1(C(=O)NCCc2cccc(Cl)c2)CC1. The lowest BCUT2D eigenvalue weighted by molar-refractivity contribution is -0.134. The molecule has 0 aliphatic heterocycles. The first-order chi connectivity index (χ1) is 12.4. The van der Waals surface area contributed by atoms with Crippen molar-refractivity contribution >= 4 is 40.7 Å². The Morgan fingerprint density at radius 1 is 1.04 bits per heavy atom. The van der Waals surface area contributed by atoms with E-state index in [1.165, 1.54) is 0 Å². The Kier molecular flexibility index (Phi) is 5.54. The first-order valence-corrected chi connectivity index (χ1v) is 9.27. The molecular formula is C20H20Cl2N2O2. The monoisotopic (exact) mass is 390 g/mol. The summed E-state index contributed by atoms with van der Waals surface area (Å²) >= 11 is 12.0. The summed E-state index contributed by atoms with van der Waals surface area (Å²) in [5.74, 6) is -0.500. The third kappa shape index (κ3) is 4.19. The van der Waals surface area contributed by atoms with Gasteiger partial charge in [0.15, 0.2) is 0 Å². The fourth-order valence-corrected chi connectivity index (χ4v) is 3.22. The van der Waals surface area contributed by atoms with Crippen molar-refractivity contribution in [3.8, 4) is 0 Å². The molecule has 0 aromatic heterocycles. The molecule has 6 heteroatoms. The molecule has 1 saturated carbocycles. The van der Waals surface area contributed by atoms with Crippen LogP contribution in [0.1, 0.15) is 24.0 Å². The minimum absolute atomic E-state index is 0.225. The number of carbonyl (C=O) groups is 2. The Morgan fingerprint density at radius 3 is 2.46 bits per heavy atom. The zero-order valence-corrected chi connectivity index (χ0v) is 16.0. The third-order valence-corrected chi connectivity index (χ3v) is 5.13. The van der Waals surface area contributed by atoms with Crippen molar-refractivity contribution in [1.29, 1.82) is 0 Å². The zero-order valence-electron chi connectivity index (χ0n) is 14.4. The number of hydrogen-bond donors (Lipinski definition) is 2. The Labute approximate surface area is 162 Å². The quantitative estimate of drug-likeness (QED) is 0.718. The lowest BCUT2D eigenvalue weighted by atomic mass is 10.0. The molecule has 1 fully saturated rings. The van der Waals surface area contributed by atoms with Crippen LogP contribution in [0.3, 0.4) is 0 Å². The number of aryl methyl sites for hydroxylation is 1. The van der Waals surface area contributed by atoms with Crippen LogP contribution < -0.4 is 10.6 Å². The summed E-state index contributed by atoms with van der Waals surface area (Å²) in [7, 11) is 0. The van der Waals surface area contributed by atoms with Crippen LogP contribution in [-0.2, 0) is 16.0 Å². The van der Waals surface area contributed by atoms with E-state index in [0.29, 0.717) is 41.5 Å². The minimum atomic E-state index is -0.969. The Balaban J connectivity index is 1.58. The van der Waals surface area contributed by atoms with Gasteiger partial charge in [-0.1, -0.05) is 41.4 Å². The highest BCUT2D eigenvalue weighted by Gasteiger charge is 2.56. The number of carbonyl (C=O) groups excluding carboxylic acids is 2. The predicted octanol–water partition coefficient (Wildman–Crippen LogP) is 4.38. The van der Waals surface area contributed by atoms with Gasteiger partial charge in [0.05, 0.1) is 0 Å². The number of amides is 2. The maximum atomic E-state index is 12.6. The van der Waals surface area contributed by atoms with Crippen molar-refractivity contribution in [2.45, 2.75) is 26.2 Å². The average Bonchev–Trinajstić information content (AvgIpc) is 3.40. The second-order valence-electron chi connectivity index (χ2n) is 6.63. The second kappa shape index (κ2) is 7.68. The minimum Gasteiger partial charge on any atom is -0.355 e. The summed E-state index contributed by atoms with van der Waals surface area (Å²) in [4.78, 5) is 25.2. The molecular weight excluding hydrogens is 371 g/mol. The number of hydrogen-bond acceptors (Lipinski definition) is 2. The van der Waals surface area contributed by atoms with Gasteiger partial charge in [0.2, 0.25) is 11.8 Å². The summed E-state index contributed by atoms with van der Waals surface area (Å²) in [5, 5.41) is 6.94. The molecule has 26 heavy (non-hydrogen) atoms. The maximum absolute atomic E-state index is 12.6. The van der Waals surface area contributed by atoms with Crippen LogP contribution in [0.15, 0.2) is 42.5 Å². The van der Waals surface area contributed by atoms with E-state index in [-0.39, 0.29) is 11.8 Å². The van der Waals surface area contributed by atoms with Gasteiger partial charge in [0.1, 0.15) is 5.41 Å². The fourth-order valence-electron chi connectivity index (χ4n) is 2.84. The van der Waals surface area contributed by atoms with E-state index in [0.717, 1.165) is 11.1 Å². The lowest BCUT2D eigenvalue weighted by Gasteiger charge is -2.16. The van der Waals surface area contributed by atoms with Crippen molar-refractivity contribution < 1.29 is 9.59 Å². The Hall–Kier alpha value is -2.04. The van der Waals surface area contributed by atoms with Gasteiger partial charge in [-0.05, 0) is 61.6 Å². The molecule has 4 nitrogen and oxygen atoms in total. The highest BCUT2D eigenvalue weighted by atomic mass is 35.5. The number of rotatable bonds is 6. The highest BCUT2D eigenvalue weighted by Crippen LogP contribution is 2.47. The van der Waals surface area contributed by atoms with Gasteiger partial charge in [-0.2, -0.15) is 0 Å². The molecule has 2 aromatic carbocycles. The summed E-state index contributed by atoms with van der Waals surface area (Å²) < 4.78 is 0. The molecule has 0 heterocycles. The van der Waals surface area contributed by atoms with Crippen LogP contribution in [0.25, 0.3) is 0 Å². The average molecular weight is 391 g/mol. The molecule has 0 unspecified atom stereocenters. The Morgan fingerprint density at radius 2 is 1.77 bits per heavy atom. The smallest absolute Gasteiger partial charge is 0.240 e. The molecule has 1 aliphatic rings. The lowest BCUT2D eigenvalue weighted by Crippen LogP contribution is -2.40. The van der Waals surface area contributed by atoms with Crippen molar-refractivity contribution in [3.63, 3.8) is 0 Å². The standard InChI is InChI=1S/C20H20Cl2N2O2/c1-13-5-6-16(22)12-17(13)24-19(26)20(8-9-20)18(25)23-10-7-14-3-2-4-15(21)11-14/h2-6,11-12H,7-10H2,1H3,(H,23,25)(H,24,26). The molecule has 0 saturated heterocycles. The predicted molar refractivity (Wildman–Crippen MR) is 105 cm³/mol. The fraction of sp³-hybridized carbons (Fsp3) is 0.300. The molecule has 2 N–H and O–H groups in total. The van der Waals surface area contributed by atoms with Crippen molar-refractivity contribution in [3.05, 3.63) is 63.6 Å². The van der Waals surface area contributed by atoms with Gasteiger partial charge in [0.25, 0.3) is 0 Å². The van der Waals surface area contributed by atoms with Gasteiger partial charge in [-0.25, -0.2) is 0 Å². The van der Waals surface area contributed by atoms with Crippen LogP contribution in [0.2, 0.25) is 10.0 Å². The number of halogens is 2. The van der Waals surface area contributed by atoms with E-state index in [4.69, 9.17) is 23.2 Å². The summed E-state index contributed by atoms with van der Waals surface area (Å²) in [6, 6.07) is 12.8. The van der Waals surface area contributed by atoms with Gasteiger partial charge < -0.3 is 10.6 Å². The highest BCUT2D eigenvalue weighted by molar-refractivity contribution is 6.31. The second-order valence-corrected chi connectivity index (χ2v) is 7.50. The number of anilines is 1. The van der Waals surface area contributed by atoms with Crippen LogP contribution in [0.5, 0.6) is 0 Å². The maximum Gasteiger partial charge on any atom is 0.240 e. The van der Waals surface area contributed by atoms with Crippen LogP contribution in [0.4, 0.5) is 5.69 Å². The van der Waals surface area contributed by atoms with E-state index in [1.807, 2.05) is 37.3 Å². The van der Waals surface area contributed by atoms with E-state index < -0.39 is 5.41 Å². The number of benzene rings is 2. The summed E-state index contributed by atoms with van der Waals surface area (Å²) in [6.07, 6.45) is 1.78. The van der Waals surface area contributed by atoms with Crippen LogP contribution in [-0.4, -0.2) is 18.4 Å². The number of nitrogens with one attached hydrogen (secondary N) is 2. The largest absolute Gasteiger partial charge is 0.355 e. The van der Waals surface area contributed by atoms with E-state index in [2.05, 4.69) is 10.6 Å². The molecule has 0 atom stereocenters. The first-order valence-electron chi connectivity index (χ1n) is 8.51. The third-order valence-electron chi connectivity index (χ3n) is 4.66. The van der Waals surface area contributed by atoms with Crippen molar-refractivity contribution in [2.24, 2.45) is 5.41 Å². The van der Waals surface area contributed by atoms with Gasteiger partial charge in [0, 0.05) is 22.3 Å². The first kappa shape index (κ1) is 18.7. The topological polar surface area (TPSA) is 58.2 Å². The molecule has 1 aliphatic carbocycles. The van der Waals surface area contributed by atoms with Crippen molar-refractivity contribution in [2.75, 3.05) is 11.9 Å². The van der Waals surface area contributed by atoms with Crippen LogP contribution in [0, 0.1) is 12.3 Å². The molecule has 2 aromatic rings. The molecule has 0 bridgehead atoms. The zero-order chi connectivity index (χ0) is 18.7. The Bertz CT molecular complexity index is 847. The van der Waals surface area contributed by atoms with Gasteiger partial charge in [-0.3, -0.25) is 9.59 Å². The molecule has 0 spiro atoms. The summed E-state index contributed by atoms with van der Waals surface area (Å²) in [5.41, 5.74) is 1.62. The molecule has 136 valence electrons. The van der Waals surface area contributed by atoms with Crippen molar-refractivity contribution in [1.82, 2.24) is 5.32 Å². The normalized spacial score (nSPS) is 14.6. The van der Waals surface area contributed by atoms with E-state index in [1.54, 1.807) is 12.1 Å². The van der Waals surface area contributed by atoms with Gasteiger partial charge >= 0.3 is 0 Å². The molecule has 3 rings (SSSR count).